The fourth-order valence-electron chi connectivity index (χ4n) is 5.53. The molecule has 2 heterocycles. The van der Waals surface area contributed by atoms with E-state index in [0.717, 1.165) is 51.4 Å². The van der Waals surface area contributed by atoms with Crippen LogP contribution in [-0.2, 0) is 9.53 Å². The lowest BCUT2D eigenvalue weighted by Crippen LogP contribution is -2.55. The predicted octanol–water partition coefficient (Wildman–Crippen LogP) is 1.42. The van der Waals surface area contributed by atoms with Crippen LogP contribution in [0.5, 0.6) is 0 Å². The Bertz CT molecular complexity index is 596. The van der Waals surface area contributed by atoms with Crippen LogP contribution in [0.2, 0.25) is 0 Å². The molecule has 3 aliphatic rings. The molecule has 2 bridgehead atoms. The Morgan fingerprint density at radius 1 is 1.10 bits per heavy atom. The molecule has 1 saturated carbocycles. The highest BCUT2D eigenvalue weighted by Gasteiger charge is 2.44. The van der Waals surface area contributed by atoms with Crippen LogP contribution in [-0.4, -0.2) is 69.0 Å². The number of aliphatic hydroxyl groups is 4. The normalized spacial score (nSPS) is 42.0. The highest BCUT2D eigenvalue weighted by atomic mass is 16.6. The molecule has 1 amide bonds. The zero-order valence-corrected chi connectivity index (χ0v) is 18.1. The van der Waals surface area contributed by atoms with Crippen molar-refractivity contribution in [2.24, 2.45) is 11.8 Å². The van der Waals surface area contributed by atoms with Gasteiger partial charge in [-0.15, -0.1) is 0 Å². The van der Waals surface area contributed by atoms with Gasteiger partial charge in [0.1, 0.15) is 18.3 Å². The number of rotatable bonds is 4. The summed E-state index contributed by atoms with van der Waals surface area (Å²) >= 11 is 0. The van der Waals surface area contributed by atoms with Gasteiger partial charge in [-0.25, -0.2) is 0 Å². The summed E-state index contributed by atoms with van der Waals surface area (Å²) < 4.78 is 5.73. The van der Waals surface area contributed by atoms with Gasteiger partial charge < -0.3 is 30.5 Å². The molecule has 8 atom stereocenters. The fraction of sp³-hybridized carbons (Fsp3) is 0.870. The van der Waals surface area contributed by atoms with Crippen LogP contribution < -0.4 is 5.32 Å². The number of hydrogen-bond donors (Lipinski definition) is 5. The largest absolute Gasteiger partial charge is 0.394 e. The number of fused-ring (bicyclic) bond motifs is 3. The van der Waals surface area contributed by atoms with E-state index in [1.54, 1.807) is 13.0 Å². The number of carbonyl (C=O) groups is 1. The van der Waals surface area contributed by atoms with Gasteiger partial charge in [-0.05, 0) is 56.9 Å². The lowest BCUT2D eigenvalue weighted by molar-refractivity contribution is -0.120. The summed E-state index contributed by atoms with van der Waals surface area (Å²) in [5.74, 6) is 0.122. The quantitative estimate of drug-likeness (QED) is 0.465. The van der Waals surface area contributed by atoms with Crippen molar-refractivity contribution in [1.29, 1.82) is 0 Å². The second kappa shape index (κ2) is 10.6. The van der Waals surface area contributed by atoms with E-state index >= 15 is 0 Å². The molecule has 7 nitrogen and oxygen atoms in total. The van der Waals surface area contributed by atoms with Gasteiger partial charge in [0.15, 0.2) is 0 Å². The molecular formula is C23H39NO6. The number of carbonyl (C=O) groups excluding carboxylic acids is 1. The fourth-order valence-corrected chi connectivity index (χ4v) is 5.53. The van der Waals surface area contributed by atoms with E-state index in [-0.39, 0.29) is 18.4 Å². The number of allylic oxidation sites excluding steroid dienone is 1. The second-order valence-electron chi connectivity index (χ2n) is 9.56. The Kier molecular flexibility index (Phi) is 8.32. The van der Waals surface area contributed by atoms with Crippen molar-refractivity contribution in [3.05, 3.63) is 12.2 Å². The predicted molar refractivity (Wildman–Crippen MR) is 113 cm³/mol. The minimum Gasteiger partial charge on any atom is -0.394 e. The summed E-state index contributed by atoms with van der Waals surface area (Å²) in [4.78, 5) is 12.7. The summed E-state index contributed by atoms with van der Waals surface area (Å²) in [6.07, 6.45) is 8.78. The maximum Gasteiger partial charge on any atom is 0.244 e. The molecule has 30 heavy (non-hydrogen) atoms. The second-order valence-corrected chi connectivity index (χ2v) is 9.56. The van der Waals surface area contributed by atoms with Crippen LogP contribution in [0.25, 0.3) is 0 Å². The maximum atomic E-state index is 12.7. The molecule has 2 fully saturated rings. The number of ether oxygens (including phenoxy) is 1. The third-order valence-electron chi connectivity index (χ3n) is 7.58. The smallest absolute Gasteiger partial charge is 0.244 e. The van der Waals surface area contributed by atoms with E-state index in [4.69, 9.17) is 4.74 Å². The topological polar surface area (TPSA) is 119 Å². The number of hydrogen-bond acceptors (Lipinski definition) is 6. The third-order valence-corrected chi connectivity index (χ3v) is 7.58. The van der Waals surface area contributed by atoms with Crippen LogP contribution in [0.4, 0.5) is 0 Å². The van der Waals surface area contributed by atoms with Crippen LogP contribution in [0.15, 0.2) is 12.2 Å². The SMILES string of the molecule is CC(O)C12CCCCCCCC(CC1)C(CC1OC(CO)C(O)C1O)C=CC(=O)N2. The first kappa shape index (κ1) is 23.7. The summed E-state index contributed by atoms with van der Waals surface area (Å²) in [7, 11) is 0. The van der Waals surface area contributed by atoms with E-state index in [0.29, 0.717) is 12.3 Å². The third kappa shape index (κ3) is 5.43. The summed E-state index contributed by atoms with van der Waals surface area (Å²) in [5, 5.41) is 43.6. The van der Waals surface area contributed by atoms with E-state index in [1.807, 2.05) is 6.08 Å². The van der Waals surface area contributed by atoms with E-state index in [2.05, 4.69) is 5.32 Å². The van der Waals surface area contributed by atoms with Gasteiger partial charge in [-0.1, -0.05) is 38.2 Å². The van der Waals surface area contributed by atoms with Gasteiger partial charge in [0, 0.05) is 0 Å². The van der Waals surface area contributed by atoms with Gasteiger partial charge in [0.25, 0.3) is 0 Å². The molecule has 5 N–H and O–H groups in total. The van der Waals surface area contributed by atoms with Crippen LogP contribution in [0.1, 0.15) is 71.1 Å². The molecule has 0 radical (unpaired) electrons. The first-order chi connectivity index (χ1) is 14.4. The minimum atomic E-state index is -1.10. The molecule has 1 aliphatic carbocycles. The van der Waals surface area contributed by atoms with Crippen molar-refractivity contribution in [1.82, 2.24) is 5.32 Å². The lowest BCUT2D eigenvalue weighted by Gasteiger charge is -2.38. The maximum absolute atomic E-state index is 12.7. The highest BCUT2D eigenvalue weighted by molar-refractivity contribution is 5.88. The molecule has 0 aromatic heterocycles. The first-order valence-electron chi connectivity index (χ1n) is 11.7. The van der Waals surface area contributed by atoms with Crippen molar-refractivity contribution in [3.63, 3.8) is 0 Å². The van der Waals surface area contributed by atoms with Crippen molar-refractivity contribution in [3.8, 4) is 0 Å². The van der Waals surface area contributed by atoms with E-state index < -0.39 is 36.1 Å². The highest BCUT2D eigenvalue weighted by Crippen LogP contribution is 2.38. The molecule has 172 valence electrons. The van der Waals surface area contributed by atoms with Crippen molar-refractivity contribution < 1.29 is 30.0 Å². The van der Waals surface area contributed by atoms with Crippen molar-refractivity contribution in [2.45, 2.75) is 107 Å². The number of nitrogens with one attached hydrogen (secondary N) is 1. The van der Waals surface area contributed by atoms with Gasteiger partial charge in [0.05, 0.1) is 24.4 Å². The van der Waals surface area contributed by atoms with Gasteiger partial charge >= 0.3 is 0 Å². The Hall–Kier alpha value is -0.990. The van der Waals surface area contributed by atoms with Crippen LogP contribution >= 0.6 is 0 Å². The zero-order valence-electron chi connectivity index (χ0n) is 18.1. The Morgan fingerprint density at radius 3 is 2.50 bits per heavy atom. The minimum absolute atomic E-state index is 0.0191. The summed E-state index contributed by atoms with van der Waals surface area (Å²) in [6.45, 7) is 1.44. The first-order valence-corrected chi connectivity index (χ1v) is 11.7. The summed E-state index contributed by atoms with van der Waals surface area (Å²) in [5.41, 5.74) is -0.611. The van der Waals surface area contributed by atoms with Gasteiger partial charge in [-0.3, -0.25) is 4.79 Å². The van der Waals surface area contributed by atoms with Crippen LogP contribution in [0, 0.1) is 11.8 Å². The summed E-state index contributed by atoms with van der Waals surface area (Å²) in [6, 6.07) is 0. The van der Waals surface area contributed by atoms with Crippen molar-refractivity contribution >= 4 is 5.91 Å². The average molecular weight is 426 g/mol. The molecule has 1 saturated heterocycles. The molecule has 3 rings (SSSR count). The molecule has 7 heteroatoms. The molecule has 0 aromatic rings. The van der Waals surface area contributed by atoms with Gasteiger partial charge in [0.2, 0.25) is 5.91 Å². The molecule has 2 aliphatic heterocycles. The number of aliphatic hydroxyl groups excluding tert-OH is 4. The Labute approximate surface area is 179 Å². The molecule has 0 aromatic carbocycles. The van der Waals surface area contributed by atoms with Crippen molar-refractivity contribution in [2.75, 3.05) is 6.61 Å². The molecule has 8 unspecified atom stereocenters. The molecule has 0 spiro atoms. The Balaban J connectivity index is 1.83. The Morgan fingerprint density at radius 2 is 1.80 bits per heavy atom. The van der Waals surface area contributed by atoms with Gasteiger partial charge in [-0.2, -0.15) is 0 Å². The lowest BCUT2D eigenvalue weighted by atomic mass is 9.76. The van der Waals surface area contributed by atoms with E-state index in [1.165, 1.54) is 6.42 Å². The standard InChI is InChI=1S/C23H39NO6/c1-15(26)23-11-6-4-2-3-5-7-16(10-12-23)17(8-9-20(27)24-23)13-18-21(28)22(29)19(14-25)30-18/h8-9,15-19,21-22,25-26,28-29H,2-7,10-14H2,1H3,(H,24,27). The average Bonchev–Trinajstić information content (AvgIpc) is 2.99. The molecular weight excluding hydrogens is 386 g/mol. The number of amides is 1. The zero-order chi connectivity index (χ0) is 21.7. The van der Waals surface area contributed by atoms with Crippen LogP contribution in [0.3, 0.4) is 0 Å². The monoisotopic (exact) mass is 425 g/mol. The van der Waals surface area contributed by atoms with E-state index in [9.17, 15) is 25.2 Å².